The molecule has 0 amide bonds. The van der Waals surface area contributed by atoms with Crippen molar-refractivity contribution in [2.24, 2.45) is 0 Å². The summed E-state index contributed by atoms with van der Waals surface area (Å²) in [5.41, 5.74) is 4.90. The number of H-pyrrole nitrogens is 1. The monoisotopic (exact) mass is 468 g/mol. The second-order valence-corrected chi connectivity index (χ2v) is 9.14. The molecule has 4 aromatic rings. The van der Waals surface area contributed by atoms with Crippen LogP contribution in [0.3, 0.4) is 0 Å². The van der Waals surface area contributed by atoms with Crippen molar-refractivity contribution in [3.8, 4) is 5.75 Å². The molecule has 0 unspecified atom stereocenters. The fourth-order valence-electron chi connectivity index (χ4n) is 3.69. The van der Waals surface area contributed by atoms with E-state index >= 15 is 0 Å². The number of nitrogens with zero attached hydrogens (tertiary/aromatic N) is 3. The quantitative estimate of drug-likeness (QED) is 0.358. The molecule has 166 valence electrons. The number of benzene rings is 2. The molecular formula is C24H25ClN4O2S. The van der Waals surface area contributed by atoms with Gasteiger partial charge in [-0.15, -0.1) is 10.2 Å². The second-order valence-electron chi connectivity index (χ2n) is 7.79. The van der Waals surface area contributed by atoms with Crippen LogP contribution in [0.25, 0.3) is 10.9 Å². The lowest BCUT2D eigenvalue weighted by atomic mass is 10.1. The van der Waals surface area contributed by atoms with Crippen molar-refractivity contribution >= 4 is 34.3 Å². The molecular weight excluding hydrogens is 444 g/mol. The summed E-state index contributed by atoms with van der Waals surface area (Å²) in [7, 11) is 0. The molecule has 2 aromatic carbocycles. The zero-order valence-electron chi connectivity index (χ0n) is 18.5. The molecule has 0 radical (unpaired) electrons. The SMILES string of the molecule is CCn1c(COc2ccc(Cl)c(C)c2)nnc1SCc1cc(=O)c2cc(C)cc(C)c2[nH]1. The van der Waals surface area contributed by atoms with Gasteiger partial charge in [0.2, 0.25) is 0 Å². The fraction of sp³-hybridized carbons (Fsp3) is 0.292. The number of nitrogens with one attached hydrogen (secondary N) is 1. The van der Waals surface area contributed by atoms with Crippen LogP contribution in [0.15, 0.2) is 46.3 Å². The number of aromatic nitrogens is 4. The maximum atomic E-state index is 12.6. The molecule has 0 saturated carbocycles. The van der Waals surface area contributed by atoms with E-state index in [1.54, 1.807) is 17.8 Å². The Bertz CT molecular complexity index is 1350. The third kappa shape index (κ3) is 4.69. The van der Waals surface area contributed by atoms with Gasteiger partial charge < -0.3 is 14.3 Å². The van der Waals surface area contributed by atoms with E-state index in [2.05, 4.69) is 21.2 Å². The Labute approximate surface area is 196 Å². The van der Waals surface area contributed by atoms with Crippen LogP contribution in [0.5, 0.6) is 5.75 Å². The number of thioether (sulfide) groups is 1. The van der Waals surface area contributed by atoms with Crippen LogP contribution in [-0.4, -0.2) is 19.7 Å². The molecule has 1 N–H and O–H groups in total. The standard InChI is InChI=1S/C24H25ClN4O2S/c1-5-29-22(12-31-18-6-7-20(25)15(3)10-18)27-28-24(29)32-13-17-11-21(30)19-9-14(2)8-16(4)23(19)26-17/h6-11H,5,12-13H2,1-4H3,(H,26,30). The van der Waals surface area contributed by atoms with Gasteiger partial charge in [-0.1, -0.05) is 29.4 Å². The number of hydrogen-bond acceptors (Lipinski definition) is 5. The highest BCUT2D eigenvalue weighted by Crippen LogP contribution is 2.25. The Balaban J connectivity index is 1.50. The smallest absolute Gasteiger partial charge is 0.191 e. The van der Waals surface area contributed by atoms with Crippen molar-refractivity contribution in [1.82, 2.24) is 19.7 Å². The average molecular weight is 469 g/mol. The molecule has 4 rings (SSSR count). The highest BCUT2D eigenvalue weighted by molar-refractivity contribution is 7.98. The fourth-order valence-corrected chi connectivity index (χ4v) is 4.73. The lowest BCUT2D eigenvalue weighted by Crippen LogP contribution is -2.08. The highest BCUT2D eigenvalue weighted by atomic mass is 35.5. The molecule has 8 heteroatoms. The van der Waals surface area contributed by atoms with E-state index in [9.17, 15) is 4.79 Å². The zero-order valence-corrected chi connectivity index (χ0v) is 20.1. The van der Waals surface area contributed by atoms with Gasteiger partial charge in [-0.2, -0.15) is 0 Å². The van der Waals surface area contributed by atoms with E-state index < -0.39 is 0 Å². The number of rotatable bonds is 7. The minimum absolute atomic E-state index is 0.0328. The van der Waals surface area contributed by atoms with Gasteiger partial charge >= 0.3 is 0 Å². The maximum absolute atomic E-state index is 12.6. The molecule has 32 heavy (non-hydrogen) atoms. The predicted molar refractivity (Wildman–Crippen MR) is 130 cm³/mol. The van der Waals surface area contributed by atoms with Gasteiger partial charge in [0.1, 0.15) is 12.4 Å². The van der Waals surface area contributed by atoms with E-state index in [1.165, 1.54) is 0 Å². The first kappa shape index (κ1) is 22.4. The summed E-state index contributed by atoms with van der Waals surface area (Å²) in [6, 6.07) is 11.3. The highest BCUT2D eigenvalue weighted by Gasteiger charge is 2.13. The van der Waals surface area contributed by atoms with Crippen LogP contribution < -0.4 is 10.2 Å². The molecule has 0 fully saturated rings. The largest absolute Gasteiger partial charge is 0.486 e. The lowest BCUT2D eigenvalue weighted by molar-refractivity contribution is 0.288. The van der Waals surface area contributed by atoms with Gasteiger partial charge in [0.15, 0.2) is 16.4 Å². The number of aryl methyl sites for hydroxylation is 3. The van der Waals surface area contributed by atoms with Crippen molar-refractivity contribution in [3.05, 3.63) is 79.9 Å². The van der Waals surface area contributed by atoms with Crippen molar-refractivity contribution in [2.75, 3.05) is 0 Å². The van der Waals surface area contributed by atoms with Gasteiger partial charge in [0.25, 0.3) is 0 Å². The van der Waals surface area contributed by atoms with Crippen molar-refractivity contribution in [3.63, 3.8) is 0 Å². The first-order valence-electron chi connectivity index (χ1n) is 10.4. The van der Waals surface area contributed by atoms with Crippen LogP contribution in [0.4, 0.5) is 0 Å². The molecule has 0 spiro atoms. The second kappa shape index (κ2) is 9.38. The number of pyridine rings is 1. The number of fused-ring (bicyclic) bond motifs is 1. The lowest BCUT2D eigenvalue weighted by Gasteiger charge is -2.10. The molecule has 2 heterocycles. The molecule has 0 saturated heterocycles. The summed E-state index contributed by atoms with van der Waals surface area (Å²) < 4.78 is 7.92. The number of aromatic amines is 1. The van der Waals surface area contributed by atoms with Crippen LogP contribution in [0.2, 0.25) is 5.02 Å². The number of ether oxygens (including phenoxy) is 1. The van der Waals surface area contributed by atoms with Crippen LogP contribution in [-0.2, 0) is 18.9 Å². The Morgan fingerprint density at radius 1 is 1.09 bits per heavy atom. The summed E-state index contributed by atoms with van der Waals surface area (Å²) in [6.45, 7) is 9.05. The van der Waals surface area contributed by atoms with Gasteiger partial charge in [-0.25, -0.2) is 0 Å². The summed E-state index contributed by atoms with van der Waals surface area (Å²) in [6.07, 6.45) is 0. The predicted octanol–water partition coefficient (Wildman–Crippen LogP) is 5.59. The van der Waals surface area contributed by atoms with E-state index in [4.69, 9.17) is 16.3 Å². The first-order chi connectivity index (χ1) is 15.4. The van der Waals surface area contributed by atoms with Gasteiger partial charge in [-0.05, 0) is 68.7 Å². The van der Waals surface area contributed by atoms with Crippen LogP contribution in [0.1, 0.15) is 35.1 Å². The van der Waals surface area contributed by atoms with Gasteiger partial charge in [-0.3, -0.25) is 4.79 Å². The average Bonchev–Trinajstić information content (AvgIpc) is 3.15. The summed E-state index contributed by atoms with van der Waals surface area (Å²) in [5, 5.41) is 10.9. The van der Waals surface area contributed by atoms with Crippen LogP contribution in [0, 0.1) is 20.8 Å². The van der Waals surface area contributed by atoms with Crippen LogP contribution >= 0.6 is 23.4 Å². The van der Waals surface area contributed by atoms with Gasteiger partial charge in [0, 0.05) is 34.5 Å². The van der Waals surface area contributed by atoms with Crippen molar-refractivity contribution in [1.29, 1.82) is 0 Å². The van der Waals surface area contributed by atoms with Gasteiger partial charge in [0.05, 0.1) is 5.52 Å². The maximum Gasteiger partial charge on any atom is 0.191 e. The number of hydrogen-bond donors (Lipinski definition) is 1. The van der Waals surface area contributed by atoms with E-state index in [-0.39, 0.29) is 5.43 Å². The number of halogens is 1. The third-order valence-electron chi connectivity index (χ3n) is 5.30. The summed E-state index contributed by atoms with van der Waals surface area (Å²) in [5.74, 6) is 2.08. The normalized spacial score (nSPS) is 11.3. The summed E-state index contributed by atoms with van der Waals surface area (Å²) >= 11 is 7.63. The Kier molecular flexibility index (Phi) is 6.58. The van der Waals surface area contributed by atoms with E-state index in [1.807, 2.05) is 56.5 Å². The van der Waals surface area contributed by atoms with E-state index in [0.717, 1.165) is 56.6 Å². The minimum Gasteiger partial charge on any atom is -0.486 e. The molecule has 0 atom stereocenters. The molecule has 0 aliphatic carbocycles. The summed E-state index contributed by atoms with van der Waals surface area (Å²) in [4.78, 5) is 16.0. The molecule has 0 bridgehead atoms. The Morgan fingerprint density at radius 2 is 1.91 bits per heavy atom. The molecule has 0 aliphatic rings. The topological polar surface area (TPSA) is 72.8 Å². The minimum atomic E-state index is 0.0328. The third-order valence-corrected chi connectivity index (χ3v) is 6.74. The molecule has 2 aromatic heterocycles. The van der Waals surface area contributed by atoms with Crippen molar-refractivity contribution < 1.29 is 4.74 Å². The molecule has 6 nitrogen and oxygen atoms in total. The van der Waals surface area contributed by atoms with Crippen molar-refractivity contribution in [2.45, 2.75) is 51.8 Å². The Hall–Kier alpha value is -2.77. The van der Waals surface area contributed by atoms with E-state index in [0.29, 0.717) is 17.4 Å². The first-order valence-corrected chi connectivity index (χ1v) is 11.8. The molecule has 0 aliphatic heterocycles. The zero-order chi connectivity index (χ0) is 22.8. The Morgan fingerprint density at radius 3 is 2.66 bits per heavy atom.